The summed E-state index contributed by atoms with van der Waals surface area (Å²) < 4.78 is 15.9. The summed E-state index contributed by atoms with van der Waals surface area (Å²) in [4.78, 5) is 24.1. The molecule has 0 unspecified atom stereocenters. The van der Waals surface area contributed by atoms with E-state index < -0.39 is 11.8 Å². The molecule has 0 atom stereocenters. The second-order valence-corrected chi connectivity index (χ2v) is 6.08. The van der Waals surface area contributed by atoms with Crippen LogP contribution in [0.25, 0.3) is 6.08 Å². The standard InChI is InChI=1S/C21H24N2O5/c1-14(2)28-18-11-8-16(13-19(18)27-4)21(25)23-22-20(24)12-7-15-5-9-17(26-3)10-6-15/h5-14H,1-4H3,(H,22,24)(H,23,25)/b12-7+. The van der Waals surface area contributed by atoms with Gasteiger partial charge in [0.25, 0.3) is 11.8 Å². The van der Waals surface area contributed by atoms with Crippen molar-refractivity contribution in [3.05, 3.63) is 59.7 Å². The van der Waals surface area contributed by atoms with Gasteiger partial charge in [0.1, 0.15) is 5.75 Å². The van der Waals surface area contributed by atoms with Gasteiger partial charge in [0.05, 0.1) is 20.3 Å². The third-order valence-electron chi connectivity index (χ3n) is 3.63. The molecule has 7 nitrogen and oxygen atoms in total. The summed E-state index contributed by atoms with van der Waals surface area (Å²) in [5.41, 5.74) is 5.85. The highest BCUT2D eigenvalue weighted by atomic mass is 16.5. The fourth-order valence-corrected chi connectivity index (χ4v) is 2.28. The molecule has 7 heteroatoms. The molecule has 0 bridgehead atoms. The third kappa shape index (κ3) is 6.05. The lowest BCUT2D eigenvalue weighted by Gasteiger charge is -2.14. The minimum atomic E-state index is -0.472. The zero-order valence-electron chi connectivity index (χ0n) is 16.3. The van der Waals surface area contributed by atoms with Crippen LogP contribution in [0.3, 0.4) is 0 Å². The Labute approximate surface area is 164 Å². The van der Waals surface area contributed by atoms with Crippen LogP contribution in [0.15, 0.2) is 48.5 Å². The van der Waals surface area contributed by atoms with E-state index in [9.17, 15) is 9.59 Å². The first-order chi connectivity index (χ1) is 13.4. The van der Waals surface area contributed by atoms with E-state index in [0.717, 1.165) is 11.3 Å². The van der Waals surface area contributed by atoms with Crippen molar-refractivity contribution in [1.82, 2.24) is 10.9 Å². The van der Waals surface area contributed by atoms with Crippen molar-refractivity contribution in [2.45, 2.75) is 20.0 Å². The molecule has 0 spiro atoms. The van der Waals surface area contributed by atoms with Crippen molar-refractivity contribution in [2.24, 2.45) is 0 Å². The Morgan fingerprint density at radius 1 is 0.929 bits per heavy atom. The minimum Gasteiger partial charge on any atom is -0.497 e. The van der Waals surface area contributed by atoms with E-state index in [2.05, 4.69) is 10.9 Å². The molecule has 0 aliphatic carbocycles. The second-order valence-electron chi connectivity index (χ2n) is 6.08. The van der Waals surface area contributed by atoms with Crippen LogP contribution >= 0.6 is 0 Å². The fraction of sp³-hybridized carbons (Fsp3) is 0.238. The molecule has 0 saturated heterocycles. The van der Waals surface area contributed by atoms with E-state index >= 15 is 0 Å². The van der Waals surface area contributed by atoms with Crippen molar-refractivity contribution in [2.75, 3.05) is 14.2 Å². The fourth-order valence-electron chi connectivity index (χ4n) is 2.28. The van der Waals surface area contributed by atoms with Gasteiger partial charge in [-0.2, -0.15) is 0 Å². The Bertz CT molecular complexity index is 844. The number of amides is 2. The summed E-state index contributed by atoms with van der Waals surface area (Å²) in [6.07, 6.45) is 2.93. The van der Waals surface area contributed by atoms with Gasteiger partial charge in [0.2, 0.25) is 0 Å². The van der Waals surface area contributed by atoms with Crippen molar-refractivity contribution in [3.63, 3.8) is 0 Å². The molecule has 0 aliphatic rings. The Hall–Kier alpha value is -3.48. The SMILES string of the molecule is COc1ccc(/C=C/C(=O)NNC(=O)c2ccc(OC(C)C)c(OC)c2)cc1. The lowest BCUT2D eigenvalue weighted by molar-refractivity contribution is -0.117. The summed E-state index contributed by atoms with van der Waals surface area (Å²) in [6.45, 7) is 3.80. The number of hydrogen-bond donors (Lipinski definition) is 2. The highest BCUT2D eigenvalue weighted by Gasteiger charge is 2.12. The van der Waals surface area contributed by atoms with Crippen LogP contribution in [0.4, 0.5) is 0 Å². The first-order valence-corrected chi connectivity index (χ1v) is 8.70. The molecule has 2 rings (SSSR count). The van der Waals surface area contributed by atoms with Gasteiger partial charge in [-0.05, 0) is 55.8 Å². The van der Waals surface area contributed by atoms with Gasteiger partial charge >= 0.3 is 0 Å². The molecule has 0 fully saturated rings. The molecule has 2 aromatic carbocycles. The molecule has 0 aliphatic heterocycles. The number of hydrogen-bond acceptors (Lipinski definition) is 5. The summed E-state index contributed by atoms with van der Waals surface area (Å²) in [5, 5.41) is 0. The van der Waals surface area contributed by atoms with Crippen LogP contribution < -0.4 is 25.1 Å². The highest BCUT2D eigenvalue weighted by molar-refractivity contribution is 5.98. The summed E-state index contributed by atoms with van der Waals surface area (Å²) in [6, 6.07) is 12.0. The van der Waals surface area contributed by atoms with Crippen molar-refractivity contribution in [1.29, 1.82) is 0 Å². The average Bonchev–Trinajstić information content (AvgIpc) is 2.70. The van der Waals surface area contributed by atoms with E-state index in [-0.39, 0.29) is 6.10 Å². The molecule has 28 heavy (non-hydrogen) atoms. The largest absolute Gasteiger partial charge is 0.497 e. The van der Waals surface area contributed by atoms with Gasteiger partial charge in [-0.1, -0.05) is 12.1 Å². The zero-order chi connectivity index (χ0) is 20.5. The first kappa shape index (κ1) is 20.8. The van der Waals surface area contributed by atoms with E-state index in [1.165, 1.54) is 13.2 Å². The number of ether oxygens (including phenoxy) is 3. The molecule has 2 aromatic rings. The molecule has 0 heterocycles. The first-order valence-electron chi connectivity index (χ1n) is 8.70. The van der Waals surface area contributed by atoms with Crippen LogP contribution in [0.2, 0.25) is 0 Å². The third-order valence-corrected chi connectivity index (χ3v) is 3.63. The zero-order valence-corrected chi connectivity index (χ0v) is 16.3. The van der Waals surface area contributed by atoms with E-state index in [1.807, 2.05) is 26.0 Å². The van der Waals surface area contributed by atoms with E-state index in [4.69, 9.17) is 14.2 Å². The number of rotatable bonds is 7. The molecular formula is C21H24N2O5. The summed E-state index contributed by atoms with van der Waals surface area (Å²) in [5.74, 6) is 0.776. The number of nitrogens with one attached hydrogen (secondary N) is 2. The van der Waals surface area contributed by atoms with Crippen LogP contribution in [-0.2, 0) is 4.79 Å². The molecule has 0 aromatic heterocycles. The Kier molecular flexibility index (Phi) is 7.45. The molecular weight excluding hydrogens is 360 g/mol. The van der Waals surface area contributed by atoms with Crippen molar-refractivity contribution < 1.29 is 23.8 Å². The van der Waals surface area contributed by atoms with Gasteiger partial charge < -0.3 is 14.2 Å². The van der Waals surface area contributed by atoms with E-state index in [0.29, 0.717) is 17.1 Å². The smallest absolute Gasteiger partial charge is 0.269 e. The van der Waals surface area contributed by atoms with Gasteiger partial charge in [0.15, 0.2) is 11.5 Å². The molecule has 2 amide bonds. The van der Waals surface area contributed by atoms with Gasteiger partial charge in [0, 0.05) is 11.6 Å². The molecule has 0 saturated carbocycles. The number of methoxy groups -OCH3 is 2. The normalized spacial score (nSPS) is 10.6. The van der Waals surface area contributed by atoms with Crippen molar-refractivity contribution >= 4 is 17.9 Å². The Morgan fingerprint density at radius 2 is 1.64 bits per heavy atom. The predicted molar refractivity (Wildman–Crippen MR) is 106 cm³/mol. The quantitative estimate of drug-likeness (QED) is 0.566. The average molecular weight is 384 g/mol. The monoisotopic (exact) mass is 384 g/mol. The highest BCUT2D eigenvalue weighted by Crippen LogP contribution is 2.28. The van der Waals surface area contributed by atoms with Gasteiger partial charge in [-0.25, -0.2) is 0 Å². The van der Waals surface area contributed by atoms with Crippen LogP contribution in [0.1, 0.15) is 29.8 Å². The van der Waals surface area contributed by atoms with E-state index in [1.54, 1.807) is 43.5 Å². The maximum absolute atomic E-state index is 12.2. The Balaban J connectivity index is 1.93. The topological polar surface area (TPSA) is 85.9 Å². The van der Waals surface area contributed by atoms with Crippen LogP contribution in [-0.4, -0.2) is 32.1 Å². The molecule has 148 valence electrons. The van der Waals surface area contributed by atoms with Gasteiger partial charge in [-0.15, -0.1) is 0 Å². The summed E-state index contributed by atoms with van der Waals surface area (Å²) in [7, 11) is 3.08. The lowest BCUT2D eigenvalue weighted by Crippen LogP contribution is -2.40. The molecule has 2 N–H and O–H groups in total. The maximum Gasteiger partial charge on any atom is 0.269 e. The predicted octanol–water partition coefficient (Wildman–Crippen LogP) is 2.97. The number of carbonyl (C=O) groups excluding carboxylic acids is 2. The Morgan fingerprint density at radius 3 is 2.25 bits per heavy atom. The van der Waals surface area contributed by atoms with Crippen LogP contribution in [0.5, 0.6) is 17.2 Å². The second kappa shape index (κ2) is 10.0. The number of hydrazine groups is 1. The van der Waals surface area contributed by atoms with Gasteiger partial charge in [-0.3, -0.25) is 20.4 Å². The minimum absolute atomic E-state index is 0.0228. The maximum atomic E-state index is 12.2. The van der Waals surface area contributed by atoms with Crippen LogP contribution in [0, 0.1) is 0 Å². The summed E-state index contributed by atoms with van der Waals surface area (Å²) >= 11 is 0. The number of benzene rings is 2. The molecule has 0 radical (unpaired) electrons. The number of carbonyl (C=O) groups is 2. The van der Waals surface area contributed by atoms with Crippen molar-refractivity contribution in [3.8, 4) is 17.2 Å². The lowest BCUT2D eigenvalue weighted by atomic mass is 10.2.